The van der Waals surface area contributed by atoms with Crippen molar-refractivity contribution in [3.63, 3.8) is 0 Å². The monoisotopic (exact) mass is 432 g/mol. The second kappa shape index (κ2) is 8.22. The number of amides is 1. The fraction of sp³-hybridized carbons (Fsp3) is 0.350. The zero-order valence-electron chi connectivity index (χ0n) is 16.7. The summed E-state index contributed by atoms with van der Waals surface area (Å²) in [4.78, 5) is 27.4. The van der Waals surface area contributed by atoms with Crippen molar-refractivity contribution >= 4 is 17.4 Å². The molecule has 0 saturated carbocycles. The van der Waals surface area contributed by atoms with Gasteiger partial charge in [-0.05, 0) is 24.6 Å². The number of aromatic nitrogens is 2. The number of nitrogens with two attached hydrogens (primary N) is 1. The molecule has 0 radical (unpaired) electrons. The minimum atomic E-state index is -3.09. The highest BCUT2D eigenvalue weighted by atomic mass is 19.3. The largest absolute Gasteiger partial charge is 0.480 e. The summed E-state index contributed by atoms with van der Waals surface area (Å²) in [6.07, 6.45) is -0.980. The molecule has 1 amide bonds. The van der Waals surface area contributed by atoms with Gasteiger partial charge in [0, 0.05) is 24.6 Å². The van der Waals surface area contributed by atoms with Gasteiger partial charge in [0.15, 0.2) is 11.4 Å². The van der Waals surface area contributed by atoms with E-state index in [1.807, 2.05) is 0 Å². The molecule has 2 heterocycles. The summed E-state index contributed by atoms with van der Waals surface area (Å²) in [6.45, 7) is 8.76. The number of nitrogens with one attached hydrogen (secondary N) is 1. The van der Waals surface area contributed by atoms with Crippen molar-refractivity contribution < 1.29 is 22.7 Å². The Morgan fingerprint density at radius 2 is 2.06 bits per heavy atom. The van der Waals surface area contributed by atoms with Crippen LogP contribution in [0.3, 0.4) is 0 Å². The second-order valence-electron chi connectivity index (χ2n) is 7.20. The summed E-state index contributed by atoms with van der Waals surface area (Å²) >= 11 is 0. The summed E-state index contributed by atoms with van der Waals surface area (Å²) in [5, 5.41) is 2.48. The smallest absolute Gasteiger partial charge is 0.285 e. The number of alkyl halides is 2. The van der Waals surface area contributed by atoms with Gasteiger partial charge in [-0.15, -0.1) is 0 Å². The Labute approximate surface area is 176 Å². The lowest BCUT2D eigenvalue weighted by atomic mass is 9.78. The first-order valence-electron chi connectivity index (χ1n) is 9.15. The summed E-state index contributed by atoms with van der Waals surface area (Å²) in [5.74, 6) is -1.67. The minimum Gasteiger partial charge on any atom is -0.480 e. The van der Waals surface area contributed by atoms with Crippen molar-refractivity contribution in [2.24, 2.45) is 10.7 Å². The van der Waals surface area contributed by atoms with Gasteiger partial charge >= 0.3 is 0 Å². The van der Waals surface area contributed by atoms with Crippen molar-refractivity contribution in [2.45, 2.75) is 37.3 Å². The van der Waals surface area contributed by atoms with Crippen molar-refractivity contribution in [3.8, 4) is 5.88 Å². The van der Waals surface area contributed by atoms with Gasteiger partial charge in [-0.3, -0.25) is 4.79 Å². The van der Waals surface area contributed by atoms with Crippen LogP contribution in [-0.2, 0) is 5.54 Å². The average molecular weight is 432 g/mol. The van der Waals surface area contributed by atoms with Crippen LogP contribution in [0.1, 0.15) is 35.8 Å². The molecule has 2 atom stereocenters. The number of anilines is 1. The molecule has 0 spiro atoms. The van der Waals surface area contributed by atoms with Crippen LogP contribution < -0.4 is 15.8 Å². The first-order chi connectivity index (χ1) is 14.6. The number of aliphatic imine (C=N–C) groups is 1. The number of carbonyl (C=O) groups excluding carboxylic acids is 1. The standard InChI is InChI=1S/C20H19F3N6O2/c1-19(25-2)6-7-20(17(22)23,29-18(19)24)12-8-11(4-5-13(12)21)28-16(30)14-9-27-15(31-3)10-26-14/h4-5,8-10,17H,6-7H2,1,3H3,(H2,24,29)(H,28,30)/t19-,20-/m1/s1. The molecule has 11 heteroatoms. The molecule has 1 aromatic heterocycles. The van der Waals surface area contributed by atoms with Gasteiger partial charge < -0.3 is 20.6 Å². The number of hydrogen-bond donors (Lipinski definition) is 2. The lowest BCUT2D eigenvalue weighted by Crippen LogP contribution is -2.49. The highest BCUT2D eigenvalue weighted by Gasteiger charge is 2.52. The maximum Gasteiger partial charge on any atom is 0.285 e. The van der Waals surface area contributed by atoms with E-state index in [9.17, 15) is 18.0 Å². The number of amidine groups is 1. The van der Waals surface area contributed by atoms with Gasteiger partial charge in [0.2, 0.25) is 5.88 Å². The van der Waals surface area contributed by atoms with Crippen LogP contribution in [-0.4, -0.2) is 40.8 Å². The third-order valence-corrected chi connectivity index (χ3v) is 5.23. The quantitative estimate of drug-likeness (QED) is 0.706. The van der Waals surface area contributed by atoms with Gasteiger partial charge in [0.1, 0.15) is 11.5 Å². The van der Waals surface area contributed by atoms with Crippen molar-refractivity contribution in [3.05, 3.63) is 59.1 Å². The highest BCUT2D eigenvalue weighted by molar-refractivity contribution is 6.02. The van der Waals surface area contributed by atoms with E-state index in [0.29, 0.717) is 0 Å². The van der Waals surface area contributed by atoms with Crippen LogP contribution >= 0.6 is 0 Å². The molecule has 1 aliphatic heterocycles. The molecule has 0 saturated heterocycles. The van der Waals surface area contributed by atoms with Crippen LogP contribution in [0, 0.1) is 12.4 Å². The fourth-order valence-corrected chi connectivity index (χ4v) is 3.21. The zero-order chi connectivity index (χ0) is 22.8. The molecule has 31 heavy (non-hydrogen) atoms. The normalized spacial score (nSPS) is 23.1. The molecule has 2 aromatic rings. The minimum absolute atomic E-state index is 0.0202. The lowest BCUT2D eigenvalue weighted by molar-refractivity contribution is 0.0396. The van der Waals surface area contributed by atoms with Crippen LogP contribution in [0.4, 0.5) is 18.9 Å². The summed E-state index contributed by atoms with van der Waals surface area (Å²) in [7, 11) is 1.39. The summed E-state index contributed by atoms with van der Waals surface area (Å²) < 4.78 is 47.9. The number of ether oxygens (including phenoxy) is 1. The van der Waals surface area contributed by atoms with Gasteiger partial charge in [0.25, 0.3) is 17.9 Å². The SMILES string of the molecule is [C-]#[N+][C@]1(C)CC[C@@](c2cc(NC(=O)c3cnc(OC)cn3)ccc2F)(C(F)F)N=C1N. The van der Waals surface area contributed by atoms with Gasteiger partial charge in [-0.25, -0.2) is 34.7 Å². The fourth-order valence-electron chi connectivity index (χ4n) is 3.21. The Morgan fingerprint density at radius 3 is 2.61 bits per heavy atom. The van der Waals surface area contributed by atoms with Gasteiger partial charge in [-0.1, -0.05) is 0 Å². The van der Waals surface area contributed by atoms with Crippen LogP contribution in [0.15, 0.2) is 35.6 Å². The summed E-state index contributed by atoms with van der Waals surface area (Å²) in [5.41, 5.74) is 1.92. The Balaban J connectivity index is 1.97. The maximum atomic E-state index is 14.7. The average Bonchev–Trinajstić information content (AvgIpc) is 2.77. The van der Waals surface area contributed by atoms with Gasteiger partial charge in [0.05, 0.1) is 19.5 Å². The number of hydrogen-bond acceptors (Lipinski definition) is 6. The van der Waals surface area contributed by atoms with E-state index >= 15 is 0 Å². The Kier molecular flexibility index (Phi) is 5.83. The molecule has 162 valence electrons. The molecule has 1 aromatic carbocycles. The van der Waals surface area contributed by atoms with Crippen molar-refractivity contribution in [1.29, 1.82) is 0 Å². The summed E-state index contributed by atoms with van der Waals surface area (Å²) in [6, 6.07) is 3.28. The molecular weight excluding hydrogens is 413 g/mol. The zero-order valence-corrected chi connectivity index (χ0v) is 16.7. The predicted molar refractivity (Wildman–Crippen MR) is 106 cm³/mol. The van der Waals surface area contributed by atoms with E-state index in [-0.39, 0.29) is 35.9 Å². The molecule has 0 unspecified atom stereocenters. The molecule has 0 aliphatic carbocycles. The Hall–Kier alpha value is -3.68. The Morgan fingerprint density at radius 1 is 1.32 bits per heavy atom. The molecule has 3 rings (SSSR count). The lowest BCUT2D eigenvalue weighted by Gasteiger charge is -2.36. The van der Waals surface area contributed by atoms with Crippen LogP contribution in [0.5, 0.6) is 5.88 Å². The van der Waals surface area contributed by atoms with Crippen molar-refractivity contribution in [2.75, 3.05) is 12.4 Å². The molecule has 0 fully saturated rings. The second-order valence-corrected chi connectivity index (χ2v) is 7.20. The molecular formula is C20H19F3N6O2. The number of carbonyl (C=O) groups is 1. The number of nitrogens with zero attached hydrogens (tertiary/aromatic N) is 4. The number of benzene rings is 1. The van der Waals surface area contributed by atoms with E-state index in [2.05, 4.69) is 25.1 Å². The number of halogens is 3. The number of rotatable bonds is 5. The molecule has 3 N–H and O–H groups in total. The number of methoxy groups -OCH3 is 1. The van der Waals surface area contributed by atoms with Gasteiger partial charge in [-0.2, -0.15) is 0 Å². The van der Waals surface area contributed by atoms with E-state index < -0.39 is 34.8 Å². The maximum absolute atomic E-state index is 14.7. The van der Waals surface area contributed by atoms with Crippen LogP contribution in [0.25, 0.3) is 4.85 Å². The first kappa shape index (κ1) is 22.0. The topological polar surface area (TPSA) is 107 Å². The van der Waals surface area contributed by atoms with Crippen LogP contribution in [0.2, 0.25) is 0 Å². The first-order valence-corrected chi connectivity index (χ1v) is 9.15. The molecule has 0 bridgehead atoms. The third-order valence-electron chi connectivity index (χ3n) is 5.23. The predicted octanol–water partition coefficient (Wildman–Crippen LogP) is 3.17. The molecule has 1 aliphatic rings. The van der Waals surface area contributed by atoms with E-state index in [0.717, 1.165) is 12.1 Å². The highest BCUT2D eigenvalue weighted by Crippen LogP contribution is 2.45. The Bertz CT molecular complexity index is 1070. The van der Waals surface area contributed by atoms with Crippen molar-refractivity contribution in [1.82, 2.24) is 9.97 Å². The third kappa shape index (κ3) is 4.01. The van der Waals surface area contributed by atoms with E-state index in [1.165, 1.54) is 32.5 Å². The van der Waals surface area contributed by atoms with E-state index in [1.54, 1.807) is 0 Å². The molecule has 8 nitrogen and oxygen atoms in total. The van der Waals surface area contributed by atoms with E-state index in [4.69, 9.17) is 17.0 Å².